The highest BCUT2D eigenvalue weighted by Crippen LogP contribution is 2.38. The van der Waals surface area contributed by atoms with Crippen LogP contribution in [0.4, 0.5) is 0 Å². The van der Waals surface area contributed by atoms with Gasteiger partial charge in [-0.15, -0.1) is 0 Å². The molecule has 0 spiro atoms. The monoisotopic (exact) mass is 412 g/mol. The lowest BCUT2D eigenvalue weighted by molar-refractivity contribution is 0.182. The molecule has 8 nitrogen and oxygen atoms in total. The minimum absolute atomic E-state index is 0.00999. The number of piperidine rings is 1. The van der Waals surface area contributed by atoms with E-state index in [1.807, 2.05) is 4.57 Å². The van der Waals surface area contributed by atoms with Gasteiger partial charge in [-0.3, -0.25) is 4.57 Å². The zero-order valence-electron chi connectivity index (χ0n) is 16.8. The van der Waals surface area contributed by atoms with Crippen molar-refractivity contribution in [2.24, 2.45) is 0 Å². The van der Waals surface area contributed by atoms with Crippen molar-refractivity contribution in [3.8, 4) is 0 Å². The fourth-order valence-electron chi connectivity index (χ4n) is 4.67. The van der Waals surface area contributed by atoms with E-state index in [9.17, 15) is 13.2 Å². The van der Waals surface area contributed by atoms with Crippen LogP contribution < -0.4 is 5.69 Å². The molecule has 158 valence electrons. The molecule has 4 rings (SSSR count). The molecule has 0 bridgehead atoms. The largest absolute Gasteiger partial charge is 0.383 e. The predicted molar refractivity (Wildman–Crippen MR) is 106 cm³/mol. The van der Waals surface area contributed by atoms with Gasteiger partial charge in [0.15, 0.2) is 0 Å². The maximum atomic E-state index is 13.2. The summed E-state index contributed by atoms with van der Waals surface area (Å²) >= 11 is 0. The lowest BCUT2D eigenvalue weighted by atomic mass is 9.99. The van der Waals surface area contributed by atoms with Crippen LogP contribution in [0.1, 0.15) is 75.6 Å². The lowest BCUT2D eigenvalue weighted by Crippen LogP contribution is -2.45. The molecule has 0 amide bonds. The number of sulfonamides is 1. The fraction of sp³-hybridized carbons (Fsp3) is 0.895. The maximum Gasteiger partial charge on any atom is 0.346 e. The number of hydrogen-bond acceptors (Lipinski definition) is 5. The standard InChI is InChI=1S/C19H32N4O4S/c1-27-13-12-22-19(24)23(16-9-10-16)18(20-22)15-6-5-11-21(14-15)28(25,26)17-7-3-2-4-8-17/h15-17H,2-14H2,1H3. The van der Waals surface area contributed by atoms with Gasteiger partial charge in [0.2, 0.25) is 10.0 Å². The third-order valence-electron chi connectivity index (χ3n) is 6.40. The third-order valence-corrected chi connectivity index (χ3v) is 8.76. The molecule has 1 aromatic rings. The van der Waals surface area contributed by atoms with Gasteiger partial charge in [-0.1, -0.05) is 19.3 Å². The van der Waals surface area contributed by atoms with E-state index in [0.717, 1.165) is 63.6 Å². The van der Waals surface area contributed by atoms with Crippen LogP contribution >= 0.6 is 0 Å². The zero-order chi connectivity index (χ0) is 19.7. The summed E-state index contributed by atoms with van der Waals surface area (Å²) in [6.07, 6.45) is 8.41. The number of nitrogens with zero attached hydrogens (tertiary/aromatic N) is 4. The molecule has 1 unspecified atom stereocenters. The van der Waals surface area contributed by atoms with E-state index < -0.39 is 10.0 Å². The summed E-state index contributed by atoms with van der Waals surface area (Å²) in [6, 6.07) is 0.226. The molecule has 9 heteroatoms. The first kappa shape index (κ1) is 20.1. The zero-order valence-corrected chi connectivity index (χ0v) is 17.6. The predicted octanol–water partition coefficient (Wildman–Crippen LogP) is 1.87. The molecule has 1 aliphatic heterocycles. The number of hydrogen-bond donors (Lipinski definition) is 0. The average Bonchev–Trinajstić information content (AvgIpc) is 3.50. The highest BCUT2D eigenvalue weighted by molar-refractivity contribution is 7.89. The molecule has 0 radical (unpaired) electrons. The second-order valence-corrected chi connectivity index (χ2v) is 10.7. The second kappa shape index (κ2) is 8.28. The molecule has 2 heterocycles. The van der Waals surface area contributed by atoms with Gasteiger partial charge < -0.3 is 4.74 Å². The van der Waals surface area contributed by atoms with E-state index in [4.69, 9.17) is 4.74 Å². The Bertz CT molecular complexity index is 837. The molecular formula is C19H32N4O4S. The van der Waals surface area contributed by atoms with Crippen LogP contribution in [0.3, 0.4) is 0 Å². The van der Waals surface area contributed by atoms with Crippen molar-refractivity contribution in [3.63, 3.8) is 0 Å². The Kier molecular flexibility index (Phi) is 5.94. The Morgan fingerprint density at radius 1 is 1.07 bits per heavy atom. The summed E-state index contributed by atoms with van der Waals surface area (Å²) in [7, 11) is -1.66. The first-order chi connectivity index (χ1) is 13.5. The molecule has 1 aromatic heterocycles. The summed E-state index contributed by atoms with van der Waals surface area (Å²) in [5.41, 5.74) is -0.0817. The summed E-state index contributed by atoms with van der Waals surface area (Å²) < 4.78 is 36.5. The van der Waals surface area contributed by atoms with Crippen LogP contribution in [0.25, 0.3) is 0 Å². The number of ether oxygens (including phenoxy) is 1. The molecule has 0 aromatic carbocycles. The highest BCUT2D eigenvalue weighted by atomic mass is 32.2. The van der Waals surface area contributed by atoms with E-state index in [1.54, 1.807) is 11.4 Å². The van der Waals surface area contributed by atoms with Crippen molar-refractivity contribution in [2.45, 2.75) is 81.5 Å². The summed E-state index contributed by atoms with van der Waals surface area (Å²) in [4.78, 5) is 12.8. The van der Waals surface area contributed by atoms with Crippen LogP contribution in [0.15, 0.2) is 4.79 Å². The summed E-state index contributed by atoms with van der Waals surface area (Å²) in [5.74, 6) is 0.761. The topological polar surface area (TPSA) is 86.4 Å². The molecule has 0 N–H and O–H groups in total. The van der Waals surface area contributed by atoms with Crippen molar-refractivity contribution >= 4 is 10.0 Å². The molecule has 1 saturated heterocycles. The van der Waals surface area contributed by atoms with E-state index >= 15 is 0 Å². The lowest BCUT2D eigenvalue weighted by Gasteiger charge is -2.35. The number of aromatic nitrogens is 3. The molecule has 2 aliphatic carbocycles. The molecule has 3 aliphatic rings. The second-order valence-electron chi connectivity index (χ2n) is 8.46. The van der Waals surface area contributed by atoms with Gasteiger partial charge in [-0.25, -0.2) is 22.2 Å². The molecule has 3 fully saturated rings. The SMILES string of the molecule is COCCn1nc(C2CCCN(S(=O)(=O)C3CCCCC3)C2)n(C2CC2)c1=O. The highest BCUT2D eigenvalue weighted by Gasteiger charge is 2.39. The van der Waals surface area contributed by atoms with Gasteiger partial charge in [0.25, 0.3) is 0 Å². The van der Waals surface area contributed by atoms with Gasteiger partial charge in [0.05, 0.1) is 18.4 Å². The van der Waals surface area contributed by atoms with Crippen molar-refractivity contribution in [2.75, 3.05) is 26.8 Å². The first-order valence-electron chi connectivity index (χ1n) is 10.7. The minimum atomic E-state index is -3.27. The van der Waals surface area contributed by atoms with Crippen LogP contribution in [0.5, 0.6) is 0 Å². The van der Waals surface area contributed by atoms with Crippen molar-refractivity contribution < 1.29 is 13.2 Å². The van der Waals surface area contributed by atoms with Crippen LogP contribution in [0.2, 0.25) is 0 Å². The van der Waals surface area contributed by atoms with Gasteiger partial charge >= 0.3 is 5.69 Å². The molecular weight excluding hydrogens is 380 g/mol. The van der Waals surface area contributed by atoms with Crippen molar-refractivity contribution in [3.05, 3.63) is 16.3 Å². The number of rotatable bonds is 7. The smallest absolute Gasteiger partial charge is 0.346 e. The minimum Gasteiger partial charge on any atom is -0.383 e. The van der Waals surface area contributed by atoms with Gasteiger partial charge in [-0.05, 0) is 38.5 Å². The van der Waals surface area contributed by atoms with Crippen LogP contribution in [0, 0.1) is 0 Å². The van der Waals surface area contributed by atoms with Gasteiger partial charge in [0, 0.05) is 32.2 Å². The molecule has 2 saturated carbocycles. The Balaban J connectivity index is 1.57. The number of methoxy groups -OCH3 is 1. The van der Waals surface area contributed by atoms with Gasteiger partial charge in [0.1, 0.15) is 5.82 Å². The quantitative estimate of drug-likeness (QED) is 0.682. The molecule has 1 atom stereocenters. The first-order valence-corrected chi connectivity index (χ1v) is 12.2. The van der Waals surface area contributed by atoms with Crippen molar-refractivity contribution in [1.29, 1.82) is 0 Å². The van der Waals surface area contributed by atoms with E-state index in [-0.39, 0.29) is 22.9 Å². The third kappa shape index (κ3) is 3.93. The Labute approximate surface area is 166 Å². The summed E-state index contributed by atoms with van der Waals surface area (Å²) in [5, 5.41) is 4.40. The van der Waals surface area contributed by atoms with Crippen molar-refractivity contribution in [1.82, 2.24) is 18.7 Å². The Hall–Kier alpha value is -1.19. The van der Waals surface area contributed by atoms with E-state index in [0.29, 0.717) is 26.2 Å². The Morgan fingerprint density at radius 3 is 2.50 bits per heavy atom. The maximum absolute atomic E-state index is 13.2. The fourth-order valence-corrected chi connectivity index (χ4v) is 6.79. The van der Waals surface area contributed by atoms with E-state index in [1.165, 1.54) is 4.68 Å². The normalized spacial score (nSPS) is 25.2. The Morgan fingerprint density at radius 2 is 1.82 bits per heavy atom. The summed E-state index contributed by atoms with van der Waals surface area (Å²) in [6.45, 7) is 1.91. The van der Waals surface area contributed by atoms with Gasteiger partial charge in [-0.2, -0.15) is 5.10 Å². The van der Waals surface area contributed by atoms with E-state index in [2.05, 4.69) is 5.10 Å². The molecule has 28 heavy (non-hydrogen) atoms. The van der Waals surface area contributed by atoms with Crippen LogP contribution in [-0.2, 0) is 21.3 Å². The average molecular weight is 413 g/mol. The van der Waals surface area contributed by atoms with Crippen LogP contribution in [-0.4, -0.2) is 59.1 Å².